The molecule has 1 amide bonds. The van der Waals surface area contributed by atoms with E-state index in [9.17, 15) is 4.79 Å². The van der Waals surface area contributed by atoms with E-state index in [1.54, 1.807) is 0 Å². The lowest BCUT2D eigenvalue weighted by Gasteiger charge is -2.08. The third-order valence-corrected chi connectivity index (χ3v) is 5.95. The molecule has 23 heavy (non-hydrogen) atoms. The molecule has 3 atom stereocenters. The van der Waals surface area contributed by atoms with Crippen LogP contribution in [0.15, 0.2) is 54.6 Å². The fourth-order valence-corrected chi connectivity index (χ4v) is 4.99. The Morgan fingerprint density at radius 1 is 1.04 bits per heavy atom. The van der Waals surface area contributed by atoms with Gasteiger partial charge in [0, 0.05) is 5.69 Å². The van der Waals surface area contributed by atoms with Crippen molar-refractivity contribution >= 4 is 23.5 Å². The summed E-state index contributed by atoms with van der Waals surface area (Å²) in [5, 5.41) is 2.78. The monoisotopic (exact) mass is 325 g/mol. The number of fused-ring (bicyclic) bond motifs is 1. The van der Waals surface area contributed by atoms with Gasteiger partial charge in [-0.2, -0.15) is 11.8 Å². The van der Waals surface area contributed by atoms with Gasteiger partial charge in [-0.3, -0.25) is 5.32 Å². The molecule has 1 heterocycles. The molecule has 1 N–H and O–H groups in total. The van der Waals surface area contributed by atoms with Gasteiger partial charge in [-0.05, 0) is 52.5 Å². The minimum atomic E-state index is -0.415. The Labute approximate surface area is 140 Å². The minimum Gasteiger partial charge on any atom is -0.444 e. The standard InChI is InChI=1S/C19H19NO2S/c21-19(22-10-13-4-2-1-3-5-13)20-15-8-6-14(7-9-15)18-16-11-23-12-17(16)18/h1-9,16-18H,10-12H2,(H,20,21)/t16-,17+,18+. The largest absolute Gasteiger partial charge is 0.444 e. The van der Waals surface area contributed by atoms with Crippen LogP contribution >= 0.6 is 11.8 Å². The fraction of sp³-hybridized carbons (Fsp3) is 0.316. The fourth-order valence-electron chi connectivity index (χ4n) is 3.40. The van der Waals surface area contributed by atoms with Crippen molar-refractivity contribution in [1.29, 1.82) is 0 Å². The first-order chi connectivity index (χ1) is 11.3. The quantitative estimate of drug-likeness (QED) is 0.898. The van der Waals surface area contributed by atoms with E-state index in [2.05, 4.69) is 29.2 Å². The summed E-state index contributed by atoms with van der Waals surface area (Å²) < 4.78 is 5.23. The van der Waals surface area contributed by atoms with Gasteiger partial charge in [-0.1, -0.05) is 42.5 Å². The van der Waals surface area contributed by atoms with E-state index in [1.807, 2.05) is 42.5 Å². The zero-order valence-corrected chi connectivity index (χ0v) is 13.6. The summed E-state index contributed by atoms with van der Waals surface area (Å²) in [6, 6.07) is 17.9. The van der Waals surface area contributed by atoms with Crippen molar-refractivity contribution in [2.75, 3.05) is 16.8 Å². The Bertz CT molecular complexity index is 676. The number of carbonyl (C=O) groups is 1. The van der Waals surface area contributed by atoms with Crippen LogP contribution in [0.1, 0.15) is 17.0 Å². The van der Waals surface area contributed by atoms with Gasteiger partial charge in [0.15, 0.2) is 0 Å². The normalized spacial score (nSPS) is 24.8. The first-order valence-corrected chi connectivity index (χ1v) is 9.12. The number of hydrogen-bond acceptors (Lipinski definition) is 3. The molecule has 1 saturated heterocycles. The van der Waals surface area contributed by atoms with E-state index in [-0.39, 0.29) is 6.61 Å². The average molecular weight is 325 g/mol. The Hall–Kier alpha value is -1.94. The van der Waals surface area contributed by atoms with Crippen molar-refractivity contribution in [2.45, 2.75) is 12.5 Å². The van der Waals surface area contributed by atoms with E-state index in [4.69, 9.17) is 4.74 Å². The number of anilines is 1. The second kappa shape index (κ2) is 6.28. The summed E-state index contributed by atoms with van der Waals surface area (Å²) in [6.45, 7) is 0.286. The number of amides is 1. The molecule has 0 spiro atoms. The maximum absolute atomic E-state index is 11.8. The van der Waals surface area contributed by atoms with E-state index in [0.717, 1.165) is 29.0 Å². The number of ether oxygens (including phenoxy) is 1. The molecule has 0 radical (unpaired) electrons. The highest BCUT2D eigenvalue weighted by Crippen LogP contribution is 2.60. The van der Waals surface area contributed by atoms with Crippen molar-refractivity contribution in [3.8, 4) is 0 Å². The highest BCUT2D eigenvalue weighted by Gasteiger charge is 2.53. The zero-order chi connectivity index (χ0) is 15.6. The van der Waals surface area contributed by atoms with Crippen molar-refractivity contribution < 1.29 is 9.53 Å². The van der Waals surface area contributed by atoms with Gasteiger partial charge < -0.3 is 4.74 Å². The highest BCUT2D eigenvalue weighted by atomic mass is 32.2. The first-order valence-electron chi connectivity index (χ1n) is 7.97. The Balaban J connectivity index is 1.29. The Morgan fingerprint density at radius 2 is 1.74 bits per heavy atom. The topological polar surface area (TPSA) is 38.3 Å². The van der Waals surface area contributed by atoms with Crippen LogP contribution in [0.3, 0.4) is 0 Å². The molecule has 0 unspecified atom stereocenters. The first kappa shape index (κ1) is 14.6. The van der Waals surface area contributed by atoms with Gasteiger partial charge in [-0.25, -0.2) is 4.79 Å². The average Bonchev–Trinajstić information content (AvgIpc) is 3.06. The summed E-state index contributed by atoms with van der Waals surface area (Å²) in [7, 11) is 0. The predicted molar refractivity (Wildman–Crippen MR) is 93.7 cm³/mol. The van der Waals surface area contributed by atoms with Gasteiger partial charge >= 0.3 is 6.09 Å². The molecule has 0 aromatic heterocycles. The number of carbonyl (C=O) groups excluding carboxylic acids is 1. The SMILES string of the molecule is O=C(Nc1ccc([C@H]2[C@@H]3CSC[C@@H]32)cc1)OCc1ccccc1. The summed E-state index contributed by atoms with van der Waals surface area (Å²) in [5.41, 5.74) is 3.17. The lowest BCUT2D eigenvalue weighted by Crippen LogP contribution is -2.13. The van der Waals surface area contributed by atoms with Crippen LogP contribution in [-0.4, -0.2) is 17.6 Å². The van der Waals surface area contributed by atoms with Crippen molar-refractivity contribution in [3.05, 3.63) is 65.7 Å². The molecule has 2 aromatic carbocycles. The van der Waals surface area contributed by atoms with Crippen LogP contribution in [0.5, 0.6) is 0 Å². The lowest BCUT2D eigenvalue weighted by atomic mass is 10.1. The van der Waals surface area contributed by atoms with E-state index in [1.165, 1.54) is 17.1 Å². The van der Waals surface area contributed by atoms with Crippen molar-refractivity contribution in [2.24, 2.45) is 11.8 Å². The van der Waals surface area contributed by atoms with Crippen LogP contribution in [-0.2, 0) is 11.3 Å². The highest BCUT2D eigenvalue weighted by molar-refractivity contribution is 7.99. The van der Waals surface area contributed by atoms with Gasteiger partial charge in [-0.15, -0.1) is 0 Å². The van der Waals surface area contributed by atoms with E-state index in [0.29, 0.717) is 0 Å². The van der Waals surface area contributed by atoms with Crippen LogP contribution < -0.4 is 5.32 Å². The van der Waals surface area contributed by atoms with Gasteiger partial charge in [0.2, 0.25) is 0 Å². The van der Waals surface area contributed by atoms with E-state index >= 15 is 0 Å². The Morgan fingerprint density at radius 3 is 2.43 bits per heavy atom. The van der Waals surface area contributed by atoms with Gasteiger partial charge in [0.25, 0.3) is 0 Å². The van der Waals surface area contributed by atoms with Crippen molar-refractivity contribution in [1.82, 2.24) is 0 Å². The third kappa shape index (κ3) is 3.22. The molecule has 2 aliphatic rings. The van der Waals surface area contributed by atoms with Crippen LogP contribution in [0, 0.1) is 11.8 Å². The van der Waals surface area contributed by atoms with Crippen LogP contribution in [0.2, 0.25) is 0 Å². The molecule has 1 saturated carbocycles. The maximum Gasteiger partial charge on any atom is 0.411 e. The summed E-state index contributed by atoms with van der Waals surface area (Å²) in [6.07, 6.45) is -0.415. The second-order valence-corrected chi connectivity index (χ2v) is 7.27. The molecule has 1 aliphatic carbocycles. The molecule has 0 bridgehead atoms. The number of nitrogens with one attached hydrogen (secondary N) is 1. The van der Waals surface area contributed by atoms with Crippen molar-refractivity contribution in [3.63, 3.8) is 0 Å². The summed E-state index contributed by atoms with van der Waals surface area (Å²) in [4.78, 5) is 11.8. The molecule has 1 aliphatic heterocycles. The van der Waals surface area contributed by atoms with E-state index < -0.39 is 6.09 Å². The maximum atomic E-state index is 11.8. The third-order valence-electron chi connectivity index (χ3n) is 4.71. The molecular weight excluding hydrogens is 306 g/mol. The number of thioether (sulfide) groups is 1. The van der Waals surface area contributed by atoms with Crippen LogP contribution in [0.4, 0.5) is 10.5 Å². The molecule has 4 rings (SSSR count). The lowest BCUT2D eigenvalue weighted by molar-refractivity contribution is 0.155. The van der Waals surface area contributed by atoms with Gasteiger partial charge in [0.1, 0.15) is 6.61 Å². The van der Waals surface area contributed by atoms with Gasteiger partial charge in [0.05, 0.1) is 0 Å². The smallest absolute Gasteiger partial charge is 0.411 e. The minimum absolute atomic E-state index is 0.286. The molecule has 4 heteroatoms. The summed E-state index contributed by atoms with van der Waals surface area (Å²) in [5.74, 6) is 5.13. The molecule has 3 nitrogen and oxygen atoms in total. The molecule has 2 aromatic rings. The Kier molecular flexibility index (Phi) is 4.00. The molecular formula is C19H19NO2S. The number of benzene rings is 2. The number of hydrogen-bond donors (Lipinski definition) is 1. The zero-order valence-electron chi connectivity index (χ0n) is 12.8. The number of rotatable bonds is 4. The molecule has 118 valence electrons. The van der Waals surface area contributed by atoms with Crippen LogP contribution in [0.25, 0.3) is 0 Å². The predicted octanol–water partition coefficient (Wildman–Crippen LogP) is 4.51. The molecule has 2 fully saturated rings. The second-order valence-electron chi connectivity index (χ2n) is 6.20. The summed E-state index contributed by atoms with van der Waals surface area (Å²) >= 11 is 2.07.